The van der Waals surface area contributed by atoms with Crippen molar-refractivity contribution in [1.29, 1.82) is 0 Å². The first-order valence-electron chi connectivity index (χ1n) is 11.7. The van der Waals surface area contributed by atoms with Crippen molar-refractivity contribution < 1.29 is 4.79 Å². The van der Waals surface area contributed by atoms with Crippen LogP contribution in [0.5, 0.6) is 0 Å². The molecule has 3 heterocycles. The van der Waals surface area contributed by atoms with Gasteiger partial charge in [-0.2, -0.15) is 4.98 Å². The number of rotatable bonds is 3. The Kier molecular flexibility index (Phi) is 4.70. The molecule has 0 radical (unpaired) electrons. The first kappa shape index (κ1) is 19.5. The van der Waals surface area contributed by atoms with E-state index in [0.29, 0.717) is 12.0 Å². The van der Waals surface area contributed by atoms with Crippen molar-refractivity contribution in [1.82, 2.24) is 15.0 Å². The molecule has 6 rings (SSSR count). The van der Waals surface area contributed by atoms with E-state index in [1.165, 1.54) is 25.7 Å². The van der Waals surface area contributed by atoms with E-state index in [0.717, 1.165) is 47.4 Å². The van der Waals surface area contributed by atoms with E-state index in [9.17, 15) is 4.79 Å². The summed E-state index contributed by atoms with van der Waals surface area (Å²) in [6.45, 7) is 0. The normalized spacial score (nSPS) is 23.3. The highest BCUT2D eigenvalue weighted by Crippen LogP contribution is 2.44. The number of nitrogens with zero attached hydrogens (tertiary/aromatic N) is 5. The predicted octanol–water partition coefficient (Wildman–Crippen LogP) is 4.66. The predicted molar refractivity (Wildman–Crippen MR) is 126 cm³/mol. The fourth-order valence-corrected chi connectivity index (χ4v) is 5.90. The molecule has 3 aromatic rings. The van der Waals surface area contributed by atoms with Gasteiger partial charge in [-0.3, -0.25) is 9.78 Å². The number of anilines is 4. The molecule has 2 saturated carbocycles. The molecule has 7 nitrogen and oxygen atoms in total. The number of nitrogens with one attached hydrogen (secondary N) is 1. The molecule has 2 aliphatic carbocycles. The molecule has 2 fully saturated rings. The molecule has 2 aromatic heterocycles. The number of amides is 1. The lowest BCUT2D eigenvalue weighted by atomic mass is 9.99. The first-order chi connectivity index (χ1) is 15.7. The van der Waals surface area contributed by atoms with E-state index in [1.54, 1.807) is 11.1 Å². The molecule has 3 aliphatic rings. The second-order valence-corrected chi connectivity index (χ2v) is 9.25. The Balaban J connectivity index is 1.44. The van der Waals surface area contributed by atoms with Crippen LogP contribution in [0.15, 0.2) is 42.7 Å². The highest BCUT2D eigenvalue weighted by Gasteiger charge is 2.45. The molecule has 1 N–H and O–H groups in total. The zero-order valence-corrected chi connectivity index (χ0v) is 18.4. The van der Waals surface area contributed by atoms with Crippen molar-refractivity contribution in [3.63, 3.8) is 0 Å². The molecule has 7 heteroatoms. The van der Waals surface area contributed by atoms with Gasteiger partial charge in [-0.1, -0.05) is 25.3 Å². The third-order valence-electron chi connectivity index (χ3n) is 7.45. The molecular weight excluding hydrogens is 400 g/mol. The van der Waals surface area contributed by atoms with Crippen molar-refractivity contribution in [3.05, 3.63) is 42.7 Å². The average Bonchev–Trinajstić information content (AvgIpc) is 3.51. The Morgan fingerprint density at radius 3 is 2.75 bits per heavy atom. The number of pyridine rings is 1. The van der Waals surface area contributed by atoms with Crippen molar-refractivity contribution >= 4 is 40.0 Å². The molecule has 164 valence electrons. The molecule has 1 aliphatic heterocycles. The summed E-state index contributed by atoms with van der Waals surface area (Å²) >= 11 is 0. The van der Waals surface area contributed by atoms with Gasteiger partial charge in [-0.15, -0.1) is 0 Å². The van der Waals surface area contributed by atoms with Crippen LogP contribution in [0.1, 0.15) is 44.9 Å². The van der Waals surface area contributed by atoms with E-state index >= 15 is 0 Å². The van der Waals surface area contributed by atoms with Gasteiger partial charge in [0.15, 0.2) is 5.82 Å². The Hall–Kier alpha value is -3.22. The molecule has 0 spiro atoms. The highest BCUT2D eigenvalue weighted by molar-refractivity contribution is 6.00. The van der Waals surface area contributed by atoms with Gasteiger partial charge >= 0.3 is 0 Å². The quantitative estimate of drug-likeness (QED) is 0.654. The first-order valence-corrected chi connectivity index (χ1v) is 11.7. The van der Waals surface area contributed by atoms with Crippen LogP contribution in [0.4, 0.5) is 23.1 Å². The van der Waals surface area contributed by atoms with Crippen LogP contribution >= 0.6 is 0 Å². The number of aromatic nitrogens is 3. The second kappa shape index (κ2) is 7.73. The van der Waals surface area contributed by atoms with Gasteiger partial charge in [0.05, 0.1) is 23.3 Å². The van der Waals surface area contributed by atoms with Crippen molar-refractivity contribution in [2.75, 3.05) is 22.2 Å². The SMILES string of the molecule is CN1C(=O)[C@H]2CCC[C@H]2N(C2CCCC2)c2nc(Nc3cccc4ncccc34)ncc21. The topological polar surface area (TPSA) is 74.2 Å². The molecule has 0 saturated heterocycles. The van der Waals surface area contributed by atoms with Gasteiger partial charge in [0.1, 0.15) is 5.69 Å². The van der Waals surface area contributed by atoms with E-state index in [-0.39, 0.29) is 17.9 Å². The fraction of sp³-hybridized carbons (Fsp3) is 0.440. The minimum absolute atomic E-state index is 0.0513. The van der Waals surface area contributed by atoms with Gasteiger partial charge in [0.25, 0.3) is 0 Å². The molecule has 1 amide bonds. The average molecular weight is 429 g/mol. The number of benzene rings is 1. The third kappa shape index (κ3) is 3.10. The zero-order chi connectivity index (χ0) is 21.7. The lowest BCUT2D eigenvalue weighted by Gasteiger charge is -2.36. The Bertz CT molecular complexity index is 1170. The van der Waals surface area contributed by atoms with Gasteiger partial charge < -0.3 is 15.1 Å². The monoisotopic (exact) mass is 428 g/mol. The van der Waals surface area contributed by atoms with Gasteiger partial charge in [0, 0.05) is 30.7 Å². The molecule has 0 unspecified atom stereocenters. The van der Waals surface area contributed by atoms with Crippen LogP contribution in [0.2, 0.25) is 0 Å². The Morgan fingerprint density at radius 1 is 1.00 bits per heavy atom. The maximum atomic E-state index is 13.3. The third-order valence-corrected chi connectivity index (χ3v) is 7.45. The lowest BCUT2D eigenvalue weighted by molar-refractivity contribution is -0.122. The number of fused-ring (bicyclic) bond motifs is 3. The van der Waals surface area contributed by atoms with Crippen LogP contribution in [0.3, 0.4) is 0 Å². The van der Waals surface area contributed by atoms with Crippen molar-refractivity contribution in [2.45, 2.75) is 57.0 Å². The highest BCUT2D eigenvalue weighted by atomic mass is 16.2. The lowest BCUT2D eigenvalue weighted by Crippen LogP contribution is -2.46. The van der Waals surface area contributed by atoms with E-state index < -0.39 is 0 Å². The summed E-state index contributed by atoms with van der Waals surface area (Å²) in [5.74, 6) is 1.72. The Labute approximate surface area is 187 Å². The summed E-state index contributed by atoms with van der Waals surface area (Å²) in [5.41, 5.74) is 2.68. The summed E-state index contributed by atoms with van der Waals surface area (Å²) < 4.78 is 0. The number of carbonyl (C=O) groups excluding carboxylic acids is 1. The maximum Gasteiger partial charge on any atom is 0.232 e. The van der Waals surface area contributed by atoms with E-state index in [4.69, 9.17) is 4.98 Å². The Morgan fingerprint density at radius 2 is 1.88 bits per heavy atom. The minimum atomic E-state index is 0.0513. The van der Waals surface area contributed by atoms with Crippen LogP contribution < -0.4 is 15.1 Å². The smallest absolute Gasteiger partial charge is 0.232 e. The van der Waals surface area contributed by atoms with Crippen LogP contribution in [-0.4, -0.2) is 40.0 Å². The van der Waals surface area contributed by atoms with Crippen molar-refractivity contribution in [3.8, 4) is 0 Å². The summed E-state index contributed by atoms with van der Waals surface area (Å²) in [6.07, 6.45) is 11.6. The van der Waals surface area contributed by atoms with Crippen LogP contribution in [0, 0.1) is 5.92 Å². The van der Waals surface area contributed by atoms with Crippen LogP contribution in [-0.2, 0) is 4.79 Å². The molecular formula is C25H28N6O. The van der Waals surface area contributed by atoms with Crippen molar-refractivity contribution in [2.24, 2.45) is 5.92 Å². The number of hydrogen-bond acceptors (Lipinski definition) is 6. The number of hydrogen-bond donors (Lipinski definition) is 1. The maximum absolute atomic E-state index is 13.3. The van der Waals surface area contributed by atoms with Gasteiger partial charge in [-0.05, 0) is 49.9 Å². The summed E-state index contributed by atoms with van der Waals surface area (Å²) in [4.78, 5) is 31.7. The molecule has 32 heavy (non-hydrogen) atoms. The fourth-order valence-electron chi connectivity index (χ4n) is 5.90. The standard InChI is InChI=1S/C25H28N6O/c1-30-22-15-27-25(28-20-12-5-11-19-17(20)10-6-14-26-19)29-23(22)31(16-7-2-3-8-16)21-13-4-9-18(21)24(30)32/h5-6,10-12,14-16,18,21H,2-4,7-9,13H2,1H3,(H,27,28,29)/t18-,21+/m0/s1. The summed E-state index contributed by atoms with van der Waals surface area (Å²) in [5, 5.41) is 4.45. The van der Waals surface area contributed by atoms with Crippen LogP contribution in [0.25, 0.3) is 10.9 Å². The second-order valence-electron chi connectivity index (χ2n) is 9.25. The largest absolute Gasteiger partial charge is 0.348 e. The summed E-state index contributed by atoms with van der Waals surface area (Å²) in [7, 11) is 1.88. The van der Waals surface area contributed by atoms with Gasteiger partial charge in [0.2, 0.25) is 11.9 Å². The number of carbonyl (C=O) groups is 1. The zero-order valence-electron chi connectivity index (χ0n) is 18.4. The molecule has 1 aromatic carbocycles. The molecule has 2 atom stereocenters. The van der Waals surface area contributed by atoms with E-state index in [2.05, 4.69) is 26.3 Å². The minimum Gasteiger partial charge on any atom is -0.348 e. The summed E-state index contributed by atoms with van der Waals surface area (Å²) in [6, 6.07) is 10.7. The van der Waals surface area contributed by atoms with E-state index in [1.807, 2.05) is 37.5 Å². The van der Waals surface area contributed by atoms with Gasteiger partial charge in [-0.25, -0.2) is 4.98 Å². The molecule has 0 bridgehead atoms.